The number of hydrogen-bond donors (Lipinski definition) is 2. The van der Waals surface area contributed by atoms with E-state index < -0.39 is 0 Å². The van der Waals surface area contributed by atoms with Gasteiger partial charge in [-0.2, -0.15) is 0 Å². The normalized spacial score (nSPS) is 10.0. The fourth-order valence-corrected chi connectivity index (χ4v) is 1.69. The van der Waals surface area contributed by atoms with Crippen LogP contribution in [0.2, 0.25) is 0 Å². The number of benzene rings is 1. The number of aromatic nitrogens is 1. The van der Waals surface area contributed by atoms with E-state index in [1.165, 1.54) is 0 Å². The number of carbonyl (C=O) groups excluding carboxylic acids is 1. The summed E-state index contributed by atoms with van der Waals surface area (Å²) < 4.78 is 0. The average molecular weight is 255 g/mol. The Morgan fingerprint density at radius 2 is 1.95 bits per heavy atom. The minimum atomic E-state index is -0.286. The number of carbonyl (C=O) groups is 1. The fraction of sp³-hybridized carbons (Fsp3) is 0.200. The van der Waals surface area contributed by atoms with E-state index in [0.717, 1.165) is 23.2 Å². The molecule has 0 spiro atoms. The molecule has 0 bridgehead atoms. The van der Waals surface area contributed by atoms with Crippen LogP contribution in [-0.2, 0) is 6.42 Å². The molecule has 2 rings (SSSR count). The standard InChI is InChI=1S/C15H17N3O/c1-3-12-8-9-14(16-10-12)18-15(19)17-13-7-5-4-6-11(13)2/h4-10H,3H2,1-2H3,(H2,16,17,18,19). The van der Waals surface area contributed by atoms with Gasteiger partial charge in [-0.1, -0.05) is 31.2 Å². The first kappa shape index (κ1) is 13.1. The lowest BCUT2D eigenvalue weighted by Crippen LogP contribution is -2.20. The largest absolute Gasteiger partial charge is 0.324 e. The van der Waals surface area contributed by atoms with Crippen molar-refractivity contribution in [3.05, 3.63) is 53.7 Å². The Balaban J connectivity index is 1.99. The Hall–Kier alpha value is -2.36. The van der Waals surface area contributed by atoms with Crippen molar-refractivity contribution in [3.8, 4) is 0 Å². The van der Waals surface area contributed by atoms with Crippen LogP contribution >= 0.6 is 0 Å². The van der Waals surface area contributed by atoms with E-state index in [4.69, 9.17) is 0 Å². The lowest BCUT2D eigenvalue weighted by Gasteiger charge is -2.09. The van der Waals surface area contributed by atoms with Crippen molar-refractivity contribution in [2.75, 3.05) is 10.6 Å². The number of anilines is 2. The van der Waals surface area contributed by atoms with E-state index in [-0.39, 0.29) is 6.03 Å². The topological polar surface area (TPSA) is 54.0 Å². The van der Waals surface area contributed by atoms with Gasteiger partial charge in [0, 0.05) is 11.9 Å². The second kappa shape index (κ2) is 6.00. The molecule has 0 atom stereocenters. The van der Waals surface area contributed by atoms with E-state index >= 15 is 0 Å². The molecule has 1 aromatic heterocycles. The van der Waals surface area contributed by atoms with E-state index in [0.29, 0.717) is 5.82 Å². The van der Waals surface area contributed by atoms with Crippen molar-refractivity contribution < 1.29 is 4.79 Å². The van der Waals surface area contributed by atoms with Crippen molar-refractivity contribution in [1.82, 2.24) is 4.98 Å². The molecular formula is C15H17N3O. The molecule has 2 aromatic rings. The highest BCUT2D eigenvalue weighted by atomic mass is 16.2. The third kappa shape index (κ3) is 3.55. The molecule has 0 unspecified atom stereocenters. The zero-order valence-corrected chi connectivity index (χ0v) is 11.1. The second-order valence-corrected chi connectivity index (χ2v) is 4.30. The first-order valence-electron chi connectivity index (χ1n) is 6.27. The molecule has 1 aromatic carbocycles. The summed E-state index contributed by atoms with van der Waals surface area (Å²) in [6.07, 6.45) is 2.70. The van der Waals surface area contributed by atoms with Crippen LogP contribution in [0.4, 0.5) is 16.3 Å². The van der Waals surface area contributed by atoms with Crippen molar-refractivity contribution in [2.45, 2.75) is 20.3 Å². The Morgan fingerprint density at radius 1 is 1.16 bits per heavy atom. The SMILES string of the molecule is CCc1ccc(NC(=O)Nc2ccccc2C)nc1. The van der Waals surface area contributed by atoms with Gasteiger partial charge < -0.3 is 5.32 Å². The highest BCUT2D eigenvalue weighted by Gasteiger charge is 2.04. The fourth-order valence-electron chi connectivity index (χ4n) is 1.69. The summed E-state index contributed by atoms with van der Waals surface area (Å²) in [5.74, 6) is 0.545. The van der Waals surface area contributed by atoms with Crippen molar-refractivity contribution >= 4 is 17.5 Å². The van der Waals surface area contributed by atoms with Crippen LogP contribution in [0.25, 0.3) is 0 Å². The predicted octanol–water partition coefficient (Wildman–Crippen LogP) is 3.60. The first-order chi connectivity index (χ1) is 9.19. The summed E-state index contributed by atoms with van der Waals surface area (Å²) in [6, 6.07) is 11.1. The molecule has 0 aliphatic rings. The smallest absolute Gasteiger partial charge is 0.307 e. The van der Waals surface area contributed by atoms with Gasteiger partial charge in [0.15, 0.2) is 0 Å². The summed E-state index contributed by atoms with van der Waals surface area (Å²) >= 11 is 0. The van der Waals surface area contributed by atoms with Gasteiger partial charge in [-0.05, 0) is 36.6 Å². The van der Waals surface area contributed by atoms with Gasteiger partial charge in [0.25, 0.3) is 0 Å². The summed E-state index contributed by atoms with van der Waals surface area (Å²) in [6.45, 7) is 4.01. The van der Waals surface area contributed by atoms with Crippen molar-refractivity contribution in [3.63, 3.8) is 0 Å². The van der Waals surface area contributed by atoms with Crippen molar-refractivity contribution in [2.24, 2.45) is 0 Å². The maximum absolute atomic E-state index is 11.8. The monoisotopic (exact) mass is 255 g/mol. The molecule has 4 nitrogen and oxygen atoms in total. The second-order valence-electron chi connectivity index (χ2n) is 4.30. The zero-order valence-electron chi connectivity index (χ0n) is 11.1. The van der Waals surface area contributed by atoms with Gasteiger partial charge in [0.2, 0.25) is 0 Å². The van der Waals surface area contributed by atoms with Gasteiger partial charge in [-0.3, -0.25) is 5.32 Å². The van der Waals surface area contributed by atoms with Crippen LogP contribution in [0.1, 0.15) is 18.1 Å². The average Bonchev–Trinajstić information content (AvgIpc) is 2.42. The first-order valence-corrected chi connectivity index (χ1v) is 6.27. The zero-order chi connectivity index (χ0) is 13.7. The molecule has 2 amide bonds. The minimum absolute atomic E-state index is 0.286. The molecule has 4 heteroatoms. The Morgan fingerprint density at radius 3 is 2.58 bits per heavy atom. The van der Waals surface area contributed by atoms with Crippen LogP contribution in [0.3, 0.4) is 0 Å². The Labute approximate surface area is 112 Å². The predicted molar refractivity (Wildman–Crippen MR) is 77.4 cm³/mol. The number of amides is 2. The van der Waals surface area contributed by atoms with Gasteiger partial charge in [-0.25, -0.2) is 9.78 Å². The molecule has 1 heterocycles. The van der Waals surface area contributed by atoms with Crippen LogP contribution in [0, 0.1) is 6.92 Å². The number of nitrogens with one attached hydrogen (secondary N) is 2. The molecule has 0 aliphatic carbocycles. The highest BCUT2D eigenvalue weighted by molar-refractivity contribution is 5.99. The lowest BCUT2D eigenvalue weighted by molar-refractivity contribution is 0.262. The molecule has 19 heavy (non-hydrogen) atoms. The molecule has 0 saturated heterocycles. The Bertz CT molecular complexity index is 564. The van der Waals surface area contributed by atoms with E-state index in [1.807, 2.05) is 37.3 Å². The molecule has 0 aliphatic heterocycles. The number of nitrogens with zero attached hydrogens (tertiary/aromatic N) is 1. The maximum atomic E-state index is 11.8. The number of urea groups is 1. The molecule has 0 fully saturated rings. The van der Waals surface area contributed by atoms with Gasteiger partial charge in [-0.15, -0.1) is 0 Å². The third-order valence-corrected chi connectivity index (χ3v) is 2.87. The van der Waals surface area contributed by atoms with Crippen LogP contribution in [-0.4, -0.2) is 11.0 Å². The number of hydrogen-bond acceptors (Lipinski definition) is 2. The van der Waals surface area contributed by atoms with Crippen molar-refractivity contribution in [1.29, 1.82) is 0 Å². The van der Waals surface area contributed by atoms with Crippen LogP contribution in [0.5, 0.6) is 0 Å². The summed E-state index contributed by atoms with van der Waals surface area (Å²) in [5, 5.41) is 5.50. The minimum Gasteiger partial charge on any atom is -0.307 e. The lowest BCUT2D eigenvalue weighted by atomic mass is 10.2. The van der Waals surface area contributed by atoms with Gasteiger partial charge in [0.1, 0.15) is 5.82 Å². The number of pyridine rings is 1. The highest BCUT2D eigenvalue weighted by Crippen LogP contribution is 2.13. The number of para-hydroxylation sites is 1. The Kier molecular flexibility index (Phi) is 4.13. The molecule has 0 saturated carbocycles. The third-order valence-electron chi connectivity index (χ3n) is 2.87. The summed E-state index contributed by atoms with van der Waals surface area (Å²) in [4.78, 5) is 16.0. The van der Waals surface area contributed by atoms with E-state index in [9.17, 15) is 4.79 Å². The van der Waals surface area contributed by atoms with Gasteiger partial charge in [0.05, 0.1) is 0 Å². The summed E-state index contributed by atoms with van der Waals surface area (Å²) in [5.41, 5.74) is 2.96. The maximum Gasteiger partial charge on any atom is 0.324 e. The quantitative estimate of drug-likeness (QED) is 0.880. The van der Waals surface area contributed by atoms with E-state index in [2.05, 4.69) is 22.5 Å². The number of aryl methyl sites for hydroxylation is 2. The van der Waals surface area contributed by atoms with Crippen LogP contribution in [0.15, 0.2) is 42.6 Å². The van der Waals surface area contributed by atoms with Gasteiger partial charge >= 0.3 is 6.03 Å². The van der Waals surface area contributed by atoms with E-state index in [1.54, 1.807) is 12.3 Å². The van der Waals surface area contributed by atoms with Crippen LogP contribution < -0.4 is 10.6 Å². The molecule has 0 radical (unpaired) electrons. The number of rotatable bonds is 3. The summed E-state index contributed by atoms with van der Waals surface area (Å²) in [7, 11) is 0. The molecule has 98 valence electrons. The molecular weight excluding hydrogens is 238 g/mol. The molecule has 2 N–H and O–H groups in total.